The number of ether oxygens (including phenoxy) is 1. The number of benzene rings is 2. The third-order valence-electron chi connectivity index (χ3n) is 4.99. The molecule has 6 heteroatoms. The highest BCUT2D eigenvalue weighted by atomic mass is 16.5. The Balaban J connectivity index is 2.56. The van der Waals surface area contributed by atoms with Gasteiger partial charge in [0.1, 0.15) is 6.61 Å². The fourth-order valence-corrected chi connectivity index (χ4v) is 3.45. The number of carbonyl (C=O) groups is 3. The Kier molecular flexibility index (Phi) is 8.59. The van der Waals surface area contributed by atoms with Crippen LogP contribution in [0.25, 0.3) is 0 Å². The van der Waals surface area contributed by atoms with Crippen molar-refractivity contribution in [2.75, 3.05) is 0 Å². The van der Waals surface area contributed by atoms with Crippen molar-refractivity contribution in [1.82, 2.24) is 0 Å². The van der Waals surface area contributed by atoms with Gasteiger partial charge in [-0.3, -0.25) is 0 Å². The molecule has 6 nitrogen and oxygen atoms in total. The Morgan fingerprint density at radius 2 is 1.43 bits per heavy atom. The van der Waals surface area contributed by atoms with Gasteiger partial charge in [-0.25, -0.2) is 14.4 Å². The van der Waals surface area contributed by atoms with Crippen LogP contribution in [0.5, 0.6) is 0 Å². The molecule has 160 valence electrons. The summed E-state index contributed by atoms with van der Waals surface area (Å²) in [5, 5.41) is 19.7. The van der Waals surface area contributed by atoms with Crippen LogP contribution in [-0.2, 0) is 24.2 Å². The zero-order chi connectivity index (χ0) is 22.1. The van der Waals surface area contributed by atoms with E-state index in [0.717, 1.165) is 24.8 Å². The lowest BCUT2D eigenvalue weighted by Crippen LogP contribution is -2.19. The average Bonchev–Trinajstić information content (AvgIpc) is 2.74. The molecule has 2 aromatic rings. The topological polar surface area (TPSA) is 101 Å². The van der Waals surface area contributed by atoms with E-state index in [0.29, 0.717) is 30.4 Å². The molecule has 2 aromatic carbocycles. The number of esters is 1. The Hall–Kier alpha value is -3.15. The predicted octanol–water partition coefficient (Wildman–Crippen LogP) is 5.13. The molecule has 0 unspecified atom stereocenters. The lowest BCUT2D eigenvalue weighted by Gasteiger charge is -2.19. The van der Waals surface area contributed by atoms with Crippen molar-refractivity contribution >= 4 is 17.9 Å². The molecule has 0 aromatic heterocycles. The van der Waals surface area contributed by atoms with Crippen molar-refractivity contribution in [2.24, 2.45) is 0 Å². The maximum Gasteiger partial charge on any atom is 0.339 e. The maximum atomic E-state index is 12.8. The number of hydrogen-bond acceptors (Lipinski definition) is 4. The minimum absolute atomic E-state index is 0.0220. The molecule has 0 atom stereocenters. The van der Waals surface area contributed by atoms with Crippen LogP contribution in [0.1, 0.15) is 87.3 Å². The summed E-state index contributed by atoms with van der Waals surface area (Å²) >= 11 is 0. The third kappa shape index (κ3) is 5.69. The molecule has 2 rings (SSSR count). The molecule has 0 aliphatic carbocycles. The summed E-state index contributed by atoms with van der Waals surface area (Å²) < 4.78 is 5.32. The number of carboxylic acid groups (broad SMARTS) is 2. The molecule has 0 saturated carbocycles. The van der Waals surface area contributed by atoms with Gasteiger partial charge in [0.15, 0.2) is 0 Å². The van der Waals surface area contributed by atoms with Crippen LogP contribution >= 0.6 is 0 Å². The molecule has 0 aliphatic heterocycles. The summed E-state index contributed by atoms with van der Waals surface area (Å²) in [6.07, 6.45) is 3.94. The van der Waals surface area contributed by atoms with E-state index in [4.69, 9.17) is 4.74 Å². The number of rotatable bonds is 11. The van der Waals surface area contributed by atoms with Gasteiger partial charge in [0, 0.05) is 0 Å². The molecule has 0 saturated heterocycles. The molecule has 0 amide bonds. The molecule has 0 fully saturated rings. The van der Waals surface area contributed by atoms with Crippen LogP contribution in [0.2, 0.25) is 0 Å². The Morgan fingerprint density at radius 3 is 1.97 bits per heavy atom. The van der Waals surface area contributed by atoms with Gasteiger partial charge in [-0.1, -0.05) is 57.0 Å². The summed E-state index contributed by atoms with van der Waals surface area (Å²) in [5.74, 6) is -3.26. The first-order valence-corrected chi connectivity index (χ1v) is 10.3. The van der Waals surface area contributed by atoms with E-state index >= 15 is 0 Å². The maximum absolute atomic E-state index is 12.8. The second kappa shape index (κ2) is 11.1. The van der Waals surface area contributed by atoms with E-state index in [1.165, 1.54) is 6.07 Å². The molecule has 0 bridgehead atoms. The molecule has 30 heavy (non-hydrogen) atoms. The van der Waals surface area contributed by atoms with Gasteiger partial charge in [-0.2, -0.15) is 0 Å². The predicted molar refractivity (Wildman–Crippen MR) is 113 cm³/mol. The van der Waals surface area contributed by atoms with Crippen molar-refractivity contribution in [2.45, 2.75) is 59.0 Å². The summed E-state index contributed by atoms with van der Waals surface area (Å²) in [4.78, 5) is 36.9. The van der Waals surface area contributed by atoms with Crippen LogP contribution in [0.15, 0.2) is 36.4 Å². The molecule has 0 aliphatic rings. The quantitative estimate of drug-likeness (QED) is 0.497. The standard InChI is InChI=1S/C24H28O6/c1-3-5-12-17-18(13-6-4-2)21(23(27)28)20(14-19(17)22(25)26)24(29)30-15-16-10-8-7-9-11-16/h7-11,14H,3-6,12-13,15H2,1-2H3,(H,25,26)(H,27,28). The smallest absolute Gasteiger partial charge is 0.339 e. The lowest BCUT2D eigenvalue weighted by molar-refractivity contribution is 0.0463. The van der Waals surface area contributed by atoms with Crippen molar-refractivity contribution in [3.05, 3.63) is 69.8 Å². The van der Waals surface area contributed by atoms with Gasteiger partial charge in [-0.15, -0.1) is 0 Å². The van der Waals surface area contributed by atoms with Crippen molar-refractivity contribution in [1.29, 1.82) is 0 Å². The van der Waals surface area contributed by atoms with E-state index in [-0.39, 0.29) is 23.3 Å². The van der Waals surface area contributed by atoms with Crippen LogP contribution in [0, 0.1) is 0 Å². The van der Waals surface area contributed by atoms with Crippen LogP contribution < -0.4 is 0 Å². The normalized spacial score (nSPS) is 10.6. The van der Waals surface area contributed by atoms with Crippen LogP contribution in [-0.4, -0.2) is 28.1 Å². The van der Waals surface area contributed by atoms with E-state index in [1.54, 1.807) is 24.3 Å². The Morgan fingerprint density at radius 1 is 0.833 bits per heavy atom. The lowest BCUT2D eigenvalue weighted by atomic mass is 9.86. The Labute approximate surface area is 176 Å². The van der Waals surface area contributed by atoms with E-state index < -0.39 is 17.9 Å². The van der Waals surface area contributed by atoms with Gasteiger partial charge < -0.3 is 14.9 Å². The summed E-state index contributed by atoms with van der Waals surface area (Å²) in [6.45, 7) is 3.94. The summed E-state index contributed by atoms with van der Waals surface area (Å²) in [5.41, 5.74) is 1.33. The van der Waals surface area contributed by atoms with Gasteiger partial charge in [0.05, 0.1) is 16.7 Å². The second-order valence-electron chi connectivity index (χ2n) is 7.18. The molecule has 2 N–H and O–H groups in total. The molecule has 0 heterocycles. The zero-order valence-corrected chi connectivity index (χ0v) is 17.4. The fourth-order valence-electron chi connectivity index (χ4n) is 3.45. The number of carboxylic acids is 2. The molecule has 0 spiro atoms. The minimum atomic E-state index is -1.25. The first-order valence-electron chi connectivity index (χ1n) is 10.3. The third-order valence-corrected chi connectivity index (χ3v) is 4.99. The number of unbranched alkanes of at least 4 members (excludes halogenated alkanes) is 2. The number of aromatic carboxylic acids is 2. The van der Waals surface area contributed by atoms with Gasteiger partial charge in [0.25, 0.3) is 0 Å². The molecule has 0 radical (unpaired) electrons. The second-order valence-corrected chi connectivity index (χ2v) is 7.18. The average molecular weight is 412 g/mol. The van der Waals surface area contributed by atoms with Crippen molar-refractivity contribution in [3.63, 3.8) is 0 Å². The SMILES string of the molecule is CCCCc1c(C(=O)O)cc(C(=O)OCc2ccccc2)c(C(=O)O)c1CCCC. The van der Waals surface area contributed by atoms with Gasteiger partial charge in [-0.05, 0) is 48.4 Å². The molecular weight excluding hydrogens is 384 g/mol. The fraction of sp³-hybridized carbons (Fsp3) is 0.375. The van der Waals surface area contributed by atoms with E-state index in [1.807, 2.05) is 19.9 Å². The van der Waals surface area contributed by atoms with E-state index in [9.17, 15) is 24.6 Å². The highest BCUT2D eigenvalue weighted by Gasteiger charge is 2.28. The summed E-state index contributed by atoms with van der Waals surface area (Å²) in [7, 11) is 0. The minimum Gasteiger partial charge on any atom is -0.478 e. The molecular formula is C24H28O6. The number of carbonyl (C=O) groups excluding carboxylic acids is 1. The summed E-state index contributed by atoms with van der Waals surface area (Å²) in [6, 6.07) is 10.2. The Bertz CT molecular complexity index is 902. The highest BCUT2D eigenvalue weighted by Crippen LogP contribution is 2.28. The first kappa shape index (κ1) is 23.1. The van der Waals surface area contributed by atoms with Crippen LogP contribution in [0.3, 0.4) is 0 Å². The number of hydrogen-bond donors (Lipinski definition) is 2. The largest absolute Gasteiger partial charge is 0.478 e. The monoisotopic (exact) mass is 412 g/mol. The van der Waals surface area contributed by atoms with Crippen molar-refractivity contribution < 1.29 is 29.3 Å². The van der Waals surface area contributed by atoms with Gasteiger partial charge >= 0.3 is 17.9 Å². The zero-order valence-electron chi connectivity index (χ0n) is 17.4. The van der Waals surface area contributed by atoms with E-state index in [2.05, 4.69) is 0 Å². The highest BCUT2D eigenvalue weighted by molar-refractivity contribution is 6.06. The van der Waals surface area contributed by atoms with Crippen molar-refractivity contribution in [3.8, 4) is 0 Å². The first-order chi connectivity index (χ1) is 14.4. The van der Waals surface area contributed by atoms with Gasteiger partial charge in [0.2, 0.25) is 0 Å². The van der Waals surface area contributed by atoms with Crippen LogP contribution in [0.4, 0.5) is 0 Å².